The van der Waals surface area contributed by atoms with Crippen molar-refractivity contribution in [2.45, 2.75) is 0 Å². The first kappa shape index (κ1) is 15.9. The molecule has 2 aromatic rings. The summed E-state index contributed by atoms with van der Waals surface area (Å²) in [6.45, 7) is 6.06. The molecule has 124 valence electrons. The van der Waals surface area contributed by atoms with Crippen molar-refractivity contribution in [1.82, 2.24) is 14.9 Å². The zero-order valence-corrected chi connectivity index (χ0v) is 13.2. The first-order valence-corrected chi connectivity index (χ1v) is 7.67. The molecule has 0 atom stereocenters. The Morgan fingerprint density at radius 2 is 1.79 bits per heavy atom. The van der Waals surface area contributed by atoms with Gasteiger partial charge in [-0.05, 0) is 30.3 Å². The predicted octanol–water partition coefficient (Wildman–Crippen LogP) is 2.19. The van der Waals surface area contributed by atoms with E-state index in [1.807, 2.05) is 0 Å². The zero-order valence-electron chi connectivity index (χ0n) is 13.2. The van der Waals surface area contributed by atoms with Crippen LogP contribution in [0.2, 0.25) is 0 Å². The number of benzene rings is 1. The maximum atomic E-state index is 13.0. The van der Waals surface area contributed by atoms with E-state index in [1.54, 1.807) is 29.4 Å². The standard InChI is InChI=1S/C17H18FN5O/c1-2-15(24)22-9-11-23(12-10-22)17-16(19-7-8-20-17)21-14-5-3-13(18)4-6-14/h2-8H,1,9-12H2,(H,19,21). The van der Waals surface area contributed by atoms with Gasteiger partial charge in [0.1, 0.15) is 5.82 Å². The van der Waals surface area contributed by atoms with Crippen LogP contribution in [0.4, 0.5) is 21.7 Å². The molecule has 2 heterocycles. The Labute approximate surface area is 139 Å². The van der Waals surface area contributed by atoms with E-state index < -0.39 is 0 Å². The number of aromatic nitrogens is 2. The van der Waals surface area contributed by atoms with E-state index in [0.29, 0.717) is 37.8 Å². The minimum atomic E-state index is -0.289. The lowest BCUT2D eigenvalue weighted by molar-refractivity contribution is -0.126. The number of halogens is 1. The smallest absolute Gasteiger partial charge is 0.246 e. The second-order valence-electron chi connectivity index (χ2n) is 5.38. The van der Waals surface area contributed by atoms with Gasteiger partial charge in [-0.3, -0.25) is 4.79 Å². The van der Waals surface area contributed by atoms with Crippen LogP contribution in [0.1, 0.15) is 0 Å². The normalized spacial score (nSPS) is 14.4. The van der Waals surface area contributed by atoms with Crippen LogP contribution in [-0.2, 0) is 4.79 Å². The molecule has 1 aromatic heterocycles. The zero-order chi connectivity index (χ0) is 16.9. The molecule has 1 aliphatic heterocycles. The quantitative estimate of drug-likeness (QED) is 0.872. The van der Waals surface area contributed by atoms with Gasteiger partial charge in [0.15, 0.2) is 11.6 Å². The predicted molar refractivity (Wildman–Crippen MR) is 90.7 cm³/mol. The Morgan fingerprint density at radius 1 is 1.12 bits per heavy atom. The van der Waals surface area contributed by atoms with Crippen LogP contribution >= 0.6 is 0 Å². The number of amides is 1. The van der Waals surface area contributed by atoms with Crippen LogP contribution in [0.3, 0.4) is 0 Å². The minimum absolute atomic E-state index is 0.0570. The maximum Gasteiger partial charge on any atom is 0.246 e. The summed E-state index contributed by atoms with van der Waals surface area (Å²) in [5.74, 6) is 0.974. The van der Waals surface area contributed by atoms with E-state index in [-0.39, 0.29) is 11.7 Å². The molecular formula is C17H18FN5O. The molecule has 0 radical (unpaired) electrons. The number of hydrogen-bond acceptors (Lipinski definition) is 5. The topological polar surface area (TPSA) is 61.4 Å². The van der Waals surface area contributed by atoms with Gasteiger partial charge in [-0.25, -0.2) is 14.4 Å². The number of piperazine rings is 1. The molecule has 0 unspecified atom stereocenters. The highest BCUT2D eigenvalue weighted by Crippen LogP contribution is 2.25. The van der Waals surface area contributed by atoms with Gasteiger partial charge in [-0.2, -0.15) is 0 Å². The van der Waals surface area contributed by atoms with Gasteiger partial charge in [0.05, 0.1) is 0 Å². The second kappa shape index (κ2) is 7.08. The van der Waals surface area contributed by atoms with E-state index in [4.69, 9.17) is 0 Å². The van der Waals surface area contributed by atoms with E-state index in [2.05, 4.69) is 26.8 Å². The van der Waals surface area contributed by atoms with Crippen LogP contribution in [0.5, 0.6) is 0 Å². The maximum absolute atomic E-state index is 13.0. The lowest BCUT2D eigenvalue weighted by Crippen LogP contribution is -2.48. The summed E-state index contributed by atoms with van der Waals surface area (Å²) >= 11 is 0. The monoisotopic (exact) mass is 327 g/mol. The lowest BCUT2D eigenvalue weighted by atomic mass is 10.3. The van der Waals surface area contributed by atoms with Crippen molar-refractivity contribution >= 4 is 23.2 Å². The van der Waals surface area contributed by atoms with Crippen LogP contribution < -0.4 is 10.2 Å². The van der Waals surface area contributed by atoms with E-state index >= 15 is 0 Å². The number of anilines is 3. The van der Waals surface area contributed by atoms with Crippen LogP contribution in [-0.4, -0.2) is 47.0 Å². The molecule has 24 heavy (non-hydrogen) atoms. The van der Waals surface area contributed by atoms with Crippen molar-refractivity contribution < 1.29 is 9.18 Å². The lowest BCUT2D eigenvalue weighted by Gasteiger charge is -2.35. The first-order chi connectivity index (χ1) is 11.7. The number of rotatable bonds is 4. The highest BCUT2D eigenvalue weighted by atomic mass is 19.1. The average Bonchev–Trinajstić information content (AvgIpc) is 2.63. The van der Waals surface area contributed by atoms with Crippen molar-refractivity contribution in [1.29, 1.82) is 0 Å². The fourth-order valence-electron chi connectivity index (χ4n) is 2.59. The number of carbonyl (C=O) groups excluding carboxylic acids is 1. The Bertz CT molecular complexity index is 726. The van der Waals surface area contributed by atoms with Crippen LogP contribution in [0.15, 0.2) is 49.3 Å². The molecule has 1 fully saturated rings. The van der Waals surface area contributed by atoms with Crippen LogP contribution in [0, 0.1) is 5.82 Å². The molecule has 1 N–H and O–H groups in total. The fourth-order valence-corrected chi connectivity index (χ4v) is 2.59. The van der Waals surface area contributed by atoms with Crippen LogP contribution in [0.25, 0.3) is 0 Å². The fraction of sp³-hybridized carbons (Fsp3) is 0.235. The summed E-state index contributed by atoms with van der Waals surface area (Å²) in [6.07, 6.45) is 4.57. The van der Waals surface area contributed by atoms with Crippen molar-refractivity contribution in [2.24, 2.45) is 0 Å². The Morgan fingerprint density at radius 3 is 2.46 bits per heavy atom. The molecular weight excluding hydrogens is 309 g/mol. The Kier molecular flexibility index (Phi) is 4.69. The molecule has 0 aliphatic carbocycles. The summed E-state index contributed by atoms with van der Waals surface area (Å²) in [4.78, 5) is 24.2. The molecule has 1 aliphatic rings. The Balaban J connectivity index is 1.74. The van der Waals surface area contributed by atoms with Crippen molar-refractivity contribution in [2.75, 3.05) is 36.4 Å². The molecule has 0 saturated carbocycles. The third-order valence-corrected chi connectivity index (χ3v) is 3.85. The largest absolute Gasteiger partial charge is 0.350 e. The molecule has 6 nitrogen and oxygen atoms in total. The minimum Gasteiger partial charge on any atom is -0.350 e. The third kappa shape index (κ3) is 3.51. The summed E-state index contributed by atoms with van der Waals surface area (Å²) in [5.41, 5.74) is 0.735. The van der Waals surface area contributed by atoms with Gasteiger partial charge in [-0.1, -0.05) is 6.58 Å². The number of nitrogens with zero attached hydrogens (tertiary/aromatic N) is 4. The van der Waals surface area contributed by atoms with Crippen molar-refractivity contribution in [3.8, 4) is 0 Å². The highest BCUT2D eigenvalue weighted by Gasteiger charge is 2.22. The molecule has 0 bridgehead atoms. The number of hydrogen-bond donors (Lipinski definition) is 1. The van der Waals surface area contributed by atoms with E-state index in [9.17, 15) is 9.18 Å². The second-order valence-corrected chi connectivity index (χ2v) is 5.38. The van der Waals surface area contributed by atoms with E-state index in [0.717, 1.165) is 5.69 Å². The van der Waals surface area contributed by atoms with Crippen molar-refractivity contribution in [3.05, 3.63) is 55.1 Å². The van der Waals surface area contributed by atoms with Gasteiger partial charge in [0.2, 0.25) is 5.91 Å². The molecule has 3 rings (SSSR count). The van der Waals surface area contributed by atoms with Gasteiger partial charge in [-0.15, -0.1) is 0 Å². The summed E-state index contributed by atoms with van der Waals surface area (Å²) in [5, 5.41) is 3.16. The highest BCUT2D eigenvalue weighted by molar-refractivity contribution is 5.87. The first-order valence-electron chi connectivity index (χ1n) is 7.67. The molecule has 7 heteroatoms. The summed E-state index contributed by atoms with van der Waals surface area (Å²) in [7, 11) is 0. The number of carbonyl (C=O) groups is 1. The van der Waals surface area contributed by atoms with Gasteiger partial charge < -0.3 is 15.1 Å². The molecule has 1 saturated heterocycles. The Hall–Kier alpha value is -2.96. The van der Waals surface area contributed by atoms with Gasteiger partial charge in [0.25, 0.3) is 0 Å². The molecule has 1 amide bonds. The third-order valence-electron chi connectivity index (χ3n) is 3.85. The molecule has 0 spiro atoms. The van der Waals surface area contributed by atoms with Gasteiger partial charge >= 0.3 is 0 Å². The summed E-state index contributed by atoms with van der Waals surface area (Å²) in [6, 6.07) is 6.07. The van der Waals surface area contributed by atoms with Crippen molar-refractivity contribution in [3.63, 3.8) is 0 Å². The SMILES string of the molecule is C=CC(=O)N1CCN(c2nccnc2Nc2ccc(F)cc2)CC1. The summed E-state index contributed by atoms with van der Waals surface area (Å²) < 4.78 is 13.0. The average molecular weight is 327 g/mol. The molecule has 1 aromatic carbocycles. The number of nitrogens with one attached hydrogen (secondary N) is 1. The van der Waals surface area contributed by atoms with E-state index in [1.165, 1.54) is 18.2 Å². The van der Waals surface area contributed by atoms with Gasteiger partial charge in [0, 0.05) is 44.3 Å².